The third-order valence-electron chi connectivity index (χ3n) is 2.41. The van der Waals surface area contributed by atoms with Gasteiger partial charge in [-0.05, 0) is 6.42 Å². The summed E-state index contributed by atoms with van der Waals surface area (Å²) in [5, 5.41) is 12.2. The van der Waals surface area contributed by atoms with Crippen LogP contribution in [0, 0.1) is 5.92 Å². The summed E-state index contributed by atoms with van der Waals surface area (Å²) in [5.41, 5.74) is 0. The molecule has 3 atom stereocenters. The Morgan fingerprint density at radius 1 is 1.42 bits per heavy atom. The summed E-state index contributed by atoms with van der Waals surface area (Å²) >= 11 is 0. The summed E-state index contributed by atoms with van der Waals surface area (Å²) in [5.74, 6) is 0.196. The lowest BCUT2D eigenvalue weighted by atomic mass is 9.95. The standard InChI is InChI=1S/C8H17NO3/c1-11-7-4-9-8(12-2)3-6(7)5-10/h6-10H,3-5H2,1-2H3. The first kappa shape index (κ1) is 9.92. The maximum absolute atomic E-state index is 9.04. The lowest BCUT2D eigenvalue weighted by molar-refractivity contribution is -0.0543. The molecule has 1 rings (SSSR count). The van der Waals surface area contributed by atoms with Gasteiger partial charge in [0.15, 0.2) is 0 Å². The molecule has 0 aromatic heterocycles. The van der Waals surface area contributed by atoms with Gasteiger partial charge in [0.1, 0.15) is 6.23 Å². The highest BCUT2D eigenvalue weighted by atomic mass is 16.5. The van der Waals surface area contributed by atoms with Crippen LogP contribution in [0.25, 0.3) is 0 Å². The Kier molecular flexibility index (Phi) is 3.94. The van der Waals surface area contributed by atoms with E-state index in [0.29, 0.717) is 0 Å². The number of aliphatic hydroxyl groups excluding tert-OH is 1. The molecule has 0 saturated carbocycles. The van der Waals surface area contributed by atoms with Crippen LogP contribution in [-0.2, 0) is 9.47 Å². The minimum atomic E-state index is 0.0635. The summed E-state index contributed by atoms with van der Waals surface area (Å²) in [4.78, 5) is 0. The van der Waals surface area contributed by atoms with Crippen molar-refractivity contribution >= 4 is 0 Å². The van der Waals surface area contributed by atoms with Crippen molar-refractivity contribution < 1.29 is 14.6 Å². The van der Waals surface area contributed by atoms with Crippen LogP contribution in [-0.4, -0.2) is 44.8 Å². The number of hydrogen-bond acceptors (Lipinski definition) is 4. The molecule has 0 spiro atoms. The second kappa shape index (κ2) is 4.77. The second-order valence-electron chi connectivity index (χ2n) is 3.09. The molecule has 0 radical (unpaired) electrons. The van der Waals surface area contributed by atoms with Crippen molar-refractivity contribution in [3.8, 4) is 0 Å². The molecule has 2 N–H and O–H groups in total. The van der Waals surface area contributed by atoms with Crippen LogP contribution in [0.5, 0.6) is 0 Å². The lowest BCUT2D eigenvalue weighted by Crippen LogP contribution is -2.49. The molecule has 1 fully saturated rings. The van der Waals surface area contributed by atoms with Crippen molar-refractivity contribution in [3.05, 3.63) is 0 Å². The molecule has 0 aromatic rings. The minimum Gasteiger partial charge on any atom is -0.396 e. The zero-order valence-corrected chi connectivity index (χ0v) is 7.62. The minimum absolute atomic E-state index is 0.0635. The van der Waals surface area contributed by atoms with Gasteiger partial charge in [0.05, 0.1) is 6.10 Å². The average Bonchev–Trinajstić information content (AvgIpc) is 2.16. The van der Waals surface area contributed by atoms with Crippen LogP contribution in [0.1, 0.15) is 6.42 Å². The van der Waals surface area contributed by atoms with E-state index in [0.717, 1.165) is 13.0 Å². The van der Waals surface area contributed by atoms with Crippen molar-refractivity contribution in [3.63, 3.8) is 0 Å². The fourth-order valence-corrected chi connectivity index (χ4v) is 1.57. The molecule has 1 aliphatic heterocycles. The number of ether oxygens (including phenoxy) is 2. The van der Waals surface area contributed by atoms with Crippen LogP contribution in [0.15, 0.2) is 0 Å². The summed E-state index contributed by atoms with van der Waals surface area (Å²) in [7, 11) is 3.33. The highest BCUT2D eigenvalue weighted by Gasteiger charge is 2.29. The maximum atomic E-state index is 9.04. The predicted octanol–water partition coefficient (Wildman–Crippen LogP) is -0.424. The molecule has 0 aromatic carbocycles. The van der Waals surface area contributed by atoms with Gasteiger partial charge in [-0.2, -0.15) is 0 Å². The molecule has 0 amide bonds. The number of methoxy groups -OCH3 is 2. The van der Waals surface area contributed by atoms with Crippen molar-refractivity contribution in [2.24, 2.45) is 5.92 Å². The molecule has 12 heavy (non-hydrogen) atoms. The third kappa shape index (κ3) is 2.17. The van der Waals surface area contributed by atoms with Crippen LogP contribution < -0.4 is 5.32 Å². The van der Waals surface area contributed by atoms with Gasteiger partial charge in [-0.3, -0.25) is 5.32 Å². The smallest absolute Gasteiger partial charge is 0.108 e. The summed E-state index contributed by atoms with van der Waals surface area (Å²) in [6.45, 7) is 0.917. The first-order valence-electron chi connectivity index (χ1n) is 4.21. The van der Waals surface area contributed by atoms with Crippen molar-refractivity contribution in [1.82, 2.24) is 5.32 Å². The second-order valence-corrected chi connectivity index (χ2v) is 3.09. The lowest BCUT2D eigenvalue weighted by Gasteiger charge is -2.34. The van der Waals surface area contributed by atoms with Crippen molar-refractivity contribution in [1.29, 1.82) is 0 Å². The largest absolute Gasteiger partial charge is 0.396 e. The van der Waals surface area contributed by atoms with Crippen LogP contribution in [0.3, 0.4) is 0 Å². The molecular formula is C8H17NO3. The van der Waals surface area contributed by atoms with Crippen molar-refractivity contribution in [2.45, 2.75) is 18.8 Å². The summed E-state index contributed by atoms with van der Waals surface area (Å²) in [6, 6.07) is 0. The monoisotopic (exact) mass is 175 g/mol. The van der Waals surface area contributed by atoms with Gasteiger partial charge in [0.2, 0.25) is 0 Å². The normalized spacial score (nSPS) is 36.8. The maximum Gasteiger partial charge on any atom is 0.108 e. The number of hydrogen-bond donors (Lipinski definition) is 2. The highest BCUT2D eigenvalue weighted by molar-refractivity contribution is 4.80. The van der Waals surface area contributed by atoms with Gasteiger partial charge in [0.25, 0.3) is 0 Å². The van der Waals surface area contributed by atoms with E-state index in [1.165, 1.54) is 0 Å². The van der Waals surface area contributed by atoms with Gasteiger partial charge in [-0.25, -0.2) is 0 Å². The zero-order valence-electron chi connectivity index (χ0n) is 7.62. The van der Waals surface area contributed by atoms with E-state index >= 15 is 0 Å². The van der Waals surface area contributed by atoms with Crippen LogP contribution in [0.4, 0.5) is 0 Å². The molecular weight excluding hydrogens is 158 g/mol. The Balaban J connectivity index is 2.41. The molecule has 0 aliphatic carbocycles. The third-order valence-corrected chi connectivity index (χ3v) is 2.41. The van der Waals surface area contributed by atoms with Crippen LogP contribution in [0.2, 0.25) is 0 Å². The van der Waals surface area contributed by atoms with E-state index < -0.39 is 0 Å². The molecule has 72 valence electrons. The Hall–Kier alpha value is -0.160. The molecule has 1 heterocycles. The van der Waals surface area contributed by atoms with E-state index in [1.807, 2.05) is 0 Å². The topological polar surface area (TPSA) is 50.7 Å². The highest BCUT2D eigenvalue weighted by Crippen LogP contribution is 2.18. The van der Waals surface area contributed by atoms with Gasteiger partial charge in [0, 0.05) is 33.3 Å². The van der Waals surface area contributed by atoms with E-state index in [4.69, 9.17) is 14.6 Å². The fraction of sp³-hybridized carbons (Fsp3) is 1.00. The molecule has 3 unspecified atom stereocenters. The molecule has 1 saturated heterocycles. The summed E-state index contributed by atoms with van der Waals surface area (Å²) < 4.78 is 10.3. The van der Waals surface area contributed by atoms with Gasteiger partial charge in [-0.1, -0.05) is 0 Å². The average molecular weight is 175 g/mol. The van der Waals surface area contributed by atoms with Gasteiger partial charge < -0.3 is 14.6 Å². The summed E-state index contributed by atoms with van der Waals surface area (Å²) in [6.07, 6.45) is 0.987. The van der Waals surface area contributed by atoms with Gasteiger partial charge >= 0.3 is 0 Å². The van der Waals surface area contributed by atoms with E-state index in [1.54, 1.807) is 14.2 Å². The Bertz CT molecular complexity index is 131. The Morgan fingerprint density at radius 3 is 2.67 bits per heavy atom. The molecule has 4 nitrogen and oxygen atoms in total. The fourth-order valence-electron chi connectivity index (χ4n) is 1.57. The number of piperidine rings is 1. The molecule has 0 bridgehead atoms. The SMILES string of the molecule is COC1CC(CO)C(OC)CN1. The Morgan fingerprint density at radius 2 is 2.17 bits per heavy atom. The molecule has 4 heteroatoms. The molecule has 1 aliphatic rings. The predicted molar refractivity (Wildman–Crippen MR) is 44.8 cm³/mol. The number of aliphatic hydroxyl groups is 1. The van der Waals surface area contributed by atoms with Gasteiger partial charge in [-0.15, -0.1) is 0 Å². The van der Waals surface area contributed by atoms with E-state index in [-0.39, 0.29) is 24.9 Å². The first-order valence-corrected chi connectivity index (χ1v) is 4.21. The van der Waals surface area contributed by atoms with Crippen molar-refractivity contribution in [2.75, 3.05) is 27.4 Å². The quantitative estimate of drug-likeness (QED) is 0.611. The zero-order chi connectivity index (χ0) is 8.97. The van der Waals surface area contributed by atoms with E-state index in [9.17, 15) is 0 Å². The number of rotatable bonds is 3. The Labute approximate surface area is 72.9 Å². The van der Waals surface area contributed by atoms with Crippen LogP contribution >= 0.6 is 0 Å². The first-order chi connectivity index (χ1) is 5.81. The van der Waals surface area contributed by atoms with E-state index in [2.05, 4.69) is 5.32 Å². The number of nitrogens with one attached hydrogen (secondary N) is 1.